The van der Waals surface area contributed by atoms with Crippen LogP contribution in [0, 0.1) is 5.82 Å². The predicted octanol–water partition coefficient (Wildman–Crippen LogP) is 2.16. The van der Waals surface area contributed by atoms with Crippen molar-refractivity contribution in [1.82, 2.24) is 9.58 Å². The summed E-state index contributed by atoms with van der Waals surface area (Å²) in [5, 5.41) is 7.88. The van der Waals surface area contributed by atoms with Gasteiger partial charge in [0.25, 0.3) is 5.91 Å². The van der Waals surface area contributed by atoms with Crippen LogP contribution in [0.1, 0.15) is 12.8 Å². The number of benzene rings is 1. The van der Waals surface area contributed by atoms with Crippen LogP contribution in [-0.2, 0) is 9.59 Å². The molecule has 0 fully saturated rings. The van der Waals surface area contributed by atoms with E-state index in [4.69, 9.17) is 0 Å². The van der Waals surface area contributed by atoms with Gasteiger partial charge in [-0.2, -0.15) is 5.10 Å². The van der Waals surface area contributed by atoms with Crippen LogP contribution in [0.15, 0.2) is 47.8 Å². The molecule has 118 valence electrons. The molecule has 2 amide bonds. The number of hydrogen-bond acceptors (Lipinski definition) is 3. The minimum Gasteiger partial charge on any atom is -0.322 e. The normalized spacial score (nSPS) is 14.6. The highest BCUT2D eigenvalue weighted by Gasteiger charge is 2.22. The third-order valence-corrected chi connectivity index (χ3v) is 3.56. The summed E-state index contributed by atoms with van der Waals surface area (Å²) >= 11 is 0. The Balaban J connectivity index is 1.87. The van der Waals surface area contributed by atoms with Crippen molar-refractivity contribution in [2.45, 2.75) is 12.8 Å². The molecule has 1 aliphatic rings. The number of halogens is 1. The molecule has 2 aromatic rings. The third-order valence-electron chi connectivity index (χ3n) is 3.56. The first-order chi connectivity index (χ1) is 11.0. The Morgan fingerprint density at radius 1 is 1.26 bits per heavy atom. The summed E-state index contributed by atoms with van der Waals surface area (Å²) < 4.78 is 15.2. The summed E-state index contributed by atoms with van der Waals surface area (Å²) in [5.74, 6) is -0.923. The van der Waals surface area contributed by atoms with Gasteiger partial charge in [-0.15, -0.1) is 0 Å². The van der Waals surface area contributed by atoms with Crippen molar-refractivity contribution in [3.63, 3.8) is 0 Å². The van der Waals surface area contributed by atoms with Crippen LogP contribution >= 0.6 is 0 Å². The number of nitrogens with one attached hydrogen (secondary N) is 1. The number of carbonyl (C=O) groups excluding carboxylic acids is 2. The van der Waals surface area contributed by atoms with Gasteiger partial charge in [0, 0.05) is 32.3 Å². The fourth-order valence-corrected chi connectivity index (χ4v) is 2.35. The molecule has 0 aliphatic carbocycles. The first kappa shape index (κ1) is 15.0. The molecule has 0 unspecified atom stereocenters. The zero-order valence-corrected chi connectivity index (χ0v) is 12.5. The summed E-state index contributed by atoms with van der Waals surface area (Å²) in [4.78, 5) is 23.8. The van der Waals surface area contributed by atoms with E-state index in [-0.39, 0.29) is 24.5 Å². The van der Waals surface area contributed by atoms with Crippen LogP contribution in [-0.4, -0.2) is 34.1 Å². The van der Waals surface area contributed by atoms with Gasteiger partial charge in [-0.25, -0.2) is 9.40 Å². The monoisotopic (exact) mass is 314 g/mol. The number of aromatic nitrogens is 1. The molecule has 6 nitrogen and oxygen atoms in total. The van der Waals surface area contributed by atoms with Crippen LogP contribution in [0.2, 0.25) is 0 Å². The Morgan fingerprint density at radius 3 is 2.70 bits per heavy atom. The highest BCUT2D eigenvalue weighted by Crippen LogP contribution is 2.22. The quantitative estimate of drug-likeness (QED) is 0.943. The Morgan fingerprint density at radius 2 is 2.00 bits per heavy atom. The molecular formula is C16H15FN4O2. The second-order valence-corrected chi connectivity index (χ2v) is 5.17. The Labute approximate surface area is 132 Å². The average molecular weight is 314 g/mol. The Kier molecular flexibility index (Phi) is 3.92. The van der Waals surface area contributed by atoms with Gasteiger partial charge in [-0.05, 0) is 30.3 Å². The van der Waals surface area contributed by atoms with Crippen LogP contribution < -0.4 is 5.32 Å². The highest BCUT2D eigenvalue weighted by molar-refractivity contribution is 6.43. The molecule has 0 atom stereocenters. The van der Waals surface area contributed by atoms with Gasteiger partial charge < -0.3 is 9.88 Å². The first-order valence-corrected chi connectivity index (χ1v) is 7.13. The van der Waals surface area contributed by atoms with Crippen molar-refractivity contribution in [3.05, 3.63) is 48.5 Å². The molecule has 3 rings (SSSR count). The molecule has 1 aliphatic heterocycles. The molecule has 0 saturated carbocycles. The summed E-state index contributed by atoms with van der Waals surface area (Å²) in [6, 6.07) is 7.74. The van der Waals surface area contributed by atoms with Crippen molar-refractivity contribution in [3.8, 4) is 5.69 Å². The largest absolute Gasteiger partial charge is 0.322 e. The lowest BCUT2D eigenvalue weighted by Crippen LogP contribution is -2.34. The smallest absolute Gasteiger partial charge is 0.271 e. The van der Waals surface area contributed by atoms with Gasteiger partial charge in [-0.3, -0.25) is 9.59 Å². The molecule has 0 spiro atoms. The van der Waals surface area contributed by atoms with E-state index >= 15 is 0 Å². The molecule has 0 radical (unpaired) electrons. The van der Waals surface area contributed by atoms with Gasteiger partial charge in [0.2, 0.25) is 5.91 Å². The van der Waals surface area contributed by atoms with E-state index in [2.05, 4.69) is 10.4 Å². The molecule has 1 aromatic heterocycles. The van der Waals surface area contributed by atoms with Crippen LogP contribution in [0.5, 0.6) is 0 Å². The van der Waals surface area contributed by atoms with E-state index in [1.165, 1.54) is 25.2 Å². The van der Waals surface area contributed by atoms with Crippen molar-refractivity contribution < 1.29 is 14.0 Å². The number of anilines is 1. The molecule has 0 saturated heterocycles. The fraction of sp³-hybridized carbons (Fsp3) is 0.188. The van der Waals surface area contributed by atoms with Crippen LogP contribution in [0.25, 0.3) is 5.69 Å². The SMILES string of the molecule is CN1N=C(C(=O)Nc2ccc(F)cc2-n2cccc2)CCC1=O. The standard InChI is InChI=1S/C16H15FN4O2/c1-20-15(22)7-6-13(19-20)16(23)18-12-5-4-11(17)10-14(12)21-8-2-3-9-21/h2-5,8-10H,6-7H2,1H3,(H,18,23). The molecule has 0 bridgehead atoms. The first-order valence-electron chi connectivity index (χ1n) is 7.13. The molecule has 23 heavy (non-hydrogen) atoms. The van der Waals surface area contributed by atoms with Crippen molar-refractivity contribution in [2.24, 2.45) is 5.10 Å². The zero-order valence-electron chi connectivity index (χ0n) is 12.5. The summed E-state index contributed by atoms with van der Waals surface area (Å²) in [7, 11) is 1.51. The average Bonchev–Trinajstić information content (AvgIpc) is 3.06. The molecular weight excluding hydrogens is 299 g/mol. The maximum Gasteiger partial charge on any atom is 0.271 e. The minimum atomic E-state index is -0.399. The van der Waals surface area contributed by atoms with E-state index < -0.39 is 11.7 Å². The lowest BCUT2D eigenvalue weighted by atomic mass is 10.1. The third kappa shape index (κ3) is 3.13. The van der Waals surface area contributed by atoms with Crippen molar-refractivity contribution in [1.29, 1.82) is 0 Å². The second-order valence-electron chi connectivity index (χ2n) is 5.17. The maximum absolute atomic E-state index is 13.5. The van der Waals surface area contributed by atoms with E-state index in [9.17, 15) is 14.0 Å². The van der Waals surface area contributed by atoms with Gasteiger partial charge >= 0.3 is 0 Å². The van der Waals surface area contributed by atoms with Gasteiger partial charge in [-0.1, -0.05) is 0 Å². The fourth-order valence-electron chi connectivity index (χ4n) is 2.35. The van der Waals surface area contributed by atoms with Crippen LogP contribution in [0.4, 0.5) is 10.1 Å². The van der Waals surface area contributed by atoms with Crippen molar-refractivity contribution >= 4 is 23.2 Å². The lowest BCUT2D eigenvalue weighted by molar-refractivity contribution is -0.130. The summed E-state index contributed by atoms with van der Waals surface area (Å²) in [5.41, 5.74) is 1.26. The van der Waals surface area contributed by atoms with Crippen molar-refractivity contribution in [2.75, 3.05) is 12.4 Å². The van der Waals surface area contributed by atoms with Gasteiger partial charge in [0.15, 0.2) is 0 Å². The van der Waals surface area contributed by atoms with E-state index in [1.54, 1.807) is 17.0 Å². The minimum absolute atomic E-state index is 0.128. The molecule has 1 aromatic carbocycles. The zero-order chi connectivity index (χ0) is 16.4. The van der Waals surface area contributed by atoms with E-state index in [1.807, 2.05) is 12.1 Å². The molecule has 7 heteroatoms. The highest BCUT2D eigenvalue weighted by atomic mass is 19.1. The molecule has 1 N–H and O–H groups in total. The summed E-state index contributed by atoms with van der Waals surface area (Å²) in [6.45, 7) is 0. The number of hydrogen-bond donors (Lipinski definition) is 1. The molecule has 2 heterocycles. The number of amides is 2. The maximum atomic E-state index is 13.5. The predicted molar refractivity (Wildman–Crippen MR) is 83.8 cm³/mol. The van der Waals surface area contributed by atoms with Gasteiger partial charge in [0.05, 0.1) is 11.4 Å². The van der Waals surface area contributed by atoms with Gasteiger partial charge in [0.1, 0.15) is 11.5 Å². The second kappa shape index (κ2) is 6.04. The van der Waals surface area contributed by atoms with E-state index in [0.717, 1.165) is 5.01 Å². The Bertz CT molecular complexity index is 783. The van der Waals surface area contributed by atoms with Crippen LogP contribution in [0.3, 0.4) is 0 Å². The number of carbonyl (C=O) groups is 2. The topological polar surface area (TPSA) is 66.7 Å². The number of hydrazone groups is 1. The lowest BCUT2D eigenvalue weighted by Gasteiger charge is -2.19. The summed E-state index contributed by atoms with van der Waals surface area (Å²) in [6.07, 6.45) is 4.05. The van der Waals surface area contributed by atoms with E-state index in [0.29, 0.717) is 11.4 Å². The number of rotatable bonds is 3. The number of nitrogens with zero attached hydrogens (tertiary/aromatic N) is 3. The Hall–Kier alpha value is -2.96.